The lowest BCUT2D eigenvalue weighted by Crippen LogP contribution is -2.28. The molecule has 0 aliphatic carbocycles. The minimum absolute atomic E-state index is 0.0850. The summed E-state index contributed by atoms with van der Waals surface area (Å²) in [4.78, 5) is 27.1. The van der Waals surface area contributed by atoms with E-state index in [2.05, 4.69) is 11.9 Å². The molecule has 0 radical (unpaired) electrons. The summed E-state index contributed by atoms with van der Waals surface area (Å²) in [5.41, 5.74) is 1.32. The van der Waals surface area contributed by atoms with Crippen LogP contribution in [0.5, 0.6) is 0 Å². The van der Waals surface area contributed by atoms with Gasteiger partial charge in [0.05, 0.1) is 6.10 Å². The number of ether oxygens (including phenoxy) is 2. The second-order valence-corrected chi connectivity index (χ2v) is 5.54. The fourth-order valence-corrected chi connectivity index (χ4v) is 2.49. The van der Waals surface area contributed by atoms with Crippen LogP contribution in [-0.2, 0) is 14.3 Å². The van der Waals surface area contributed by atoms with Crippen LogP contribution in [0.15, 0.2) is 17.1 Å². The molecule has 8 heteroatoms. The Kier molecular flexibility index (Phi) is 6.54. The lowest BCUT2D eigenvalue weighted by molar-refractivity contribution is -0.148. The van der Waals surface area contributed by atoms with Crippen molar-refractivity contribution in [2.45, 2.75) is 57.8 Å². The largest absolute Gasteiger partial charge is 0.463 e. The van der Waals surface area contributed by atoms with Gasteiger partial charge in [-0.3, -0.25) is 20.0 Å². The van der Waals surface area contributed by atoms with E-state index in [1.165, 1.54) is 16.8 Å². The smallest absolute Gasteiger partial charge is 0.351 e. The van der Waals surface area contributed by atoms with Gasteiger partial charge >= 0.3 is 11.7 Å². The summed E-state index contributed by atoms with van der Waals surface area (Å²) in [5.74, 6) is -0.121. The predicted molar refractivity (Wildman–Crippen MR) is 82.2 cm³/mol. The van der Waals surface area contributed by atoms with E-state index >= 15 is 0 Å². The van der Waals surface area contributed by atoms with Crippen LogP contribution in [0, 0.1) is 0 Å². The molecule has 2 N–H and O–H groups in total. The van der Waals surface area contributed by atoms with Gasteiger partial charge in [0.25, 0.3) is 0 Å². The highest BCUT2D eigenvalue weighted by Crippen LogP contribution is 2.27. The lowest BCUT2D eigenvalue weighted by atomic mass is 10.2. The highest BCUT2D eigenvalue weighted by atomic mass is 16.6. The molecule has 0 bridgehead atoms. The Labute approximate surface area is 134 Å². The normalized spacial score (nSPS) is 20.4. The van der Waals surface area contributed by atoms with Crippen molar-refractivity contribution >= 4 is 11.8 Å². The zero-order chi connectivity index (χ0) is 16.7. The molecular weight excluding hydrogens is 302 g/mol. The number of hydrogen-bond acceptors (Lipinski definition) is 7. The fourth-order valence-electron chi connectivity index (χ4n) is 2.49. The maximum Gasteiger partial charge on any atom is 0.351 e. The third kappa shape index (κ3) is 5.04. The van der Waals surface area contributed by atoms with Gasteiger partial charge in [-0.15, -0.1) is 0 Å². The standard InChI is InChI=1S/C15H23N3O5/c1-2-3-4-5-14(19)22-10-11-6-7-13(23-11)18-9-8-12(17-21)16-15(18)20/h8-9,11,13,21H,2-7,10H2,1H3,(H,16,17,20)/t11-,13+/m0/s1. The predicted octanol–water partition coefficient (Wildman–Crippen LogP) is 1.85. The van der Waals surface area contributed by atoms with Crippen molar-refractivity contribution < 1.29 is 19.5 Å². The zero-order valence-corrected chi connectivity index (χ0v) is 13.2. The van der Waals surface area contributed by atoms with E-state index in [1.807, 2.05) is 5.48 Å². The van der Waals surface area contributed by atoms with Crippen LogP contribution >= 0.6 is 0 Å². The molecule has 2 heterocycles. The first-order valence-electron chi connectivity index (χ1n) is 7.94. The number of rotatable bonds is 8. The van der Waals surface area contributed by atoms with Crippen LogP contribution in [-0.4, -0.2) is 33.4 Å². The van der Waals surface area contributed by atoms with E-state index in [4.69, 9.17) is 14.7 Å². The van der Waals surface area contributed by atoms with Gasteiger partial charge in [-0.2, -0.15) is 4.98 Å². The molecule has 128 valence electrons. The molecule has 2 atom stereocenters. The highest BCUT2D eigenvalue weighted by Gasteiger charge is 2.28. The van der Waals surface area contributed by atoms with Crippen LogP contribution in [0.25, 0.3) is 0 Å². The van der Waals surface area contributed by atoms with Crippen molar-refractivity contribution in [2.24, 2.45) is 0 Å². The van der Waals surface area contributed by atoms with Crippen molar-refractivity contribution in [3.05, 3.63) is 22.7 Å². The number of anilines is 1. The molecule has 1 saturated heterocycles. The van der Waals surface area contributed by atoms with E-state index in [0.717, 1.165) is 19.3 Å². The third-order valence-electron chi connectivity index (χ3n) is 3.75. The number of carbonyl (C=O) groups is 1. The number of hydrogen-bond donors (Lipinski definition) is 2. The Morgan fingerprint density at radius 1 is 1.52 bits per heavy atom. The van der Waals surface area contributed by atoms with Gasteiger partial charge in [-0.05, 0) is 25.3 Å². The Balaban J connectivity index is 1.80. The van der Waals surface area contributed by atoms with Crippen molar-refractivity contribution in [1.82, 2.24) is 9.55 Å². The van der Waals surface area contributed by atoms with Gasteiger partial charge in [0.15, 0.2) is 5.82 Å². The molecule has 0 aromatic carbocycles. The summed E-state index contributed by atoms with van der Waals surface area (Å²) in [6, 6.07) is 1.48. The molecule has 1 aromatic rings. The number of aromatic nitrogens is 2. The second-order valence-electron chi connectivity index (χ2n) is 5.54. The first-order chi connectivity index (χ1) is 11.1. The minimum Gasteiger partial charge on any atom is -0.463 e. The van der Waals surface area contributed by atoms with Gasteiger partial charge in [0.1, 0.15) is 12.8 Å². The highest BCUT2D eigenvalue weighted by molar-refractivity contribution is 5.69. The SMILES string of the molecule is CCCCCC(=O)OC[C@@H]1CC[C@H](n2ccc(NO)nc2=O)O1. The summed E-state index contributed by atoms with van der Waals surface area (Å²) in [6.07, 6.45) is 5.59. The van der Waals surface area contributed by atoms with Gasteiger partial charge < -0.3 is 9.47 Å². The molecule has 2 rings (SSSR count). The fraction of sp³-hybridized carbons (Fsp3) is 0.667. The van der Waals surface area contributed by atoms with E-state index < -0.39 is 11.9 Å². The Morgan fingerprint density at radius 2 is 2.35 bits per heavy atom. The molecule has 23 heavy (non-hydrogen) atoms. The van der Waals surface area contributed by atoms with Gasteiger partial charge in [0, 0.05) is 12.6 Å². The van der Waals surface area contributed by atoms with Crippen LogP contribution in [0.3, 0.4) is 0 Å². The summed E-state index contributed by atoms with van der Waals surface area (Å²) >= 11 is 0. The van der Waals surface area contributed by atoms with Gasteiger partial charge in [-0.25, -0.2) is 4.79 Å². The Hall–Kier alpha value is -1.93. The van der Waals surface area contributed by atoms with Gasteiger partial charge in [0.2, 0.25) is 0 Å². The molecule has 1 aliphatic rings. The molecule has 8 nitrogen and oxygen atoms in total. The molecule has 0 saturated carbocycles. The van der Waals surface area contributed by atoms with Crippen molar-refractivity contribution in [2.75, 3.05) is 12.1 Å². The van der Waals surface area contributed by atoms with E-state index in [1.54, 1.807) is 0 Å². The first kappa shape index (κ1) is 17.4. The number of carbonyl (C=O) groups excluding carboxylic acids is 1. The number of nitrogens with one attached hydrogen (secondary N) is 1. The Bertz CT molecular complexity index is 574. The van der Waals surface area contributed by atoms with Crippen molar-refractivity contribution in [3.8, 4) is 0 Å². The monoisotopic (exact) mass is 325 g/mol. The molecule has 0 spiro atoms. The quantitative estimate of drug-likeness (QED) is 0.427. The first-order valence-corrected chi connectivity index (χ1v) is 7.94. The summed E-state index contributed by atoms with van der Waals surface area (Å²) in [7, 11) is 0. The minimum atomic E-state index is -0.508. The molecule has 1 aliphatic heterocycles. The second kappa shape index (κ2) is 8.64. The van der Waals surface area contributed by atoms with Crippen molar-refractivity contribution in [3.63, 3.8) is 0 Å². The van der Waals surface area contributed by atoms with E-state index in [-0.39, 0.29) is 24.5 Å². The maximum atomic E-state index is 11.8. The zero-order valence-electron chi connectivity index (χ0n) is 13.2. The lowest BCUT2D eigenvalue weighted by Gasteiger charge is -2.16. The maximum absolute atomic E-state index is 11.8. The molecular formula is C15H23N3O5. The summed E-state index contributed by atoms with van der Waals surface area (Å²) in [6.45, 7) is 2.29. The van der Waals surface area contributed by atoms with Crippen LogP contribution < -0.4 is 11.2 Å². The molecule has 0 unspecified atom stereocenters. The molecule has 1 aromatic heterocycles. The number of unbranched alkanes of at least 4 members (excludes halogenated alkanes) is 2. The molecule has 0 amide bonds. The number of nitrogens with zero attached hydrogens (tertiary/aromatic N) is 2. The van der Waals surface area contributed by atoms with E-state index in [0.29, 0.717) is 19.3 Å². The van der Waals surface area contributed by atoms with Gasteiger partial charge in [-0.1, -0.05) is 19.8 Å². The van der Waals surface area contributed by atoms with Crippen LogP contribution in [0.1, 0.15) is 51.7 Å². The topological polar surface area (TPSA) is 103 Å². The average Bonchev–Trinajstić information content (AvgIpc) is 3.01. The Morgan fingerprint density at radius 3 is 3.04 bits per heavy atom. The van der Waals surface area contributed by atoms with E-state index in [9.17, 15) is 9.59 Å². The summed E-state index contributed by atoms with van der Waals surface area (Å²) in [5, 5.41) is 8.72. The van der Waals surface area contributed by atoms with Crippen molar-refractivity contribution in [1.29, 1.82) is 0 Å². The molecule has 1 fully saturated rings. The van der Waals surface area contributed by atoms with Crippen LogP contribution in [0.2, 0.25) is 0 Å². The van der Waals surface area contributed by atoms with Crippen LogP contribution in [0.4, 0.5) is 5.82 Å². The third-order valence-corrected chi connectivity index (χ3v) is 3.75. The summed E-state index contributed by atoms with van der Waals surface area (Å²) < 4.78 is 12.3. The average molecular weight is 325 g/mol. The number of esters is 1.